The Hall–Kier alpha value is -1.62. The van der Waals surface area contributed by atoms with Crippen molar-refractivity contribution in [2.45, 2.75) is 19.8 Å². The Morgan fingerprint density at radius 2 is 2.40 bits per heavy atom. The number of amides is 1. The Kier molecular flexibility index (Phi) is 5.35. The first-order valence-corrected chi connectivity index (χ1v) is 7.23. The van der Waals surface area contributed by atoms with Crippen LogP contribution in [-0.4, -0.2) is 49.1 Å². The summed E-state index contributed by atoms with van der Waals surface area (Å²) < 4.78 is 5.20. The van der Waals surface area contributed by atoms with Crippen LogP contribution in [0, 0.1) is 5.92 Å². The highest BCUT2D eigenvalue weighted by atomic mass is 16.5. The van der Waals surface area contributed by atoms with Crippen LogP contribution in [-0.2, 0) is 4.74 Å². The molecule has 1 unspecified atom stereocenters. The van der Waals surface area contributed by atoms with E-state index in [4.69, 9.17) is 4.74 Å². The molecule has 2 heterocycles. The van der Waals surface area contributed by atoms with Crippen LogP contribution in [0.2, 0.25) is 0 Å². The molecule has 1 aromatic heterocycles. The van der Waals surface area contributed by atoms with Crippen molar-refractivity contribution in [3.8, 4) is 0 Å². The number of piperidine rings is 1. The molecule has 5 nitrogen and oxygen atoms in total. The Morgan fingerprint density at radius 1 is 1.55 bits per heavy atom. The maximum absolute atomic E-state index is 12.5. The van der Waals surface area contributed by atoms with Gasteiger partial charge in [-0.05, 0) is 37.8 Å². The molecule has 1 amide bonds. The topological polar surface area (TPSA) is 54.5 Å². The Labute approximate surface area is 120 Å². The van der Waals surface area contributed by atoms with E-state index in [1.807, 2.05) is 24.0 Å². The van der Waals surface area contributed by atoms with E-state index in [1.54, 1.807) is 13.2 Å². The molecule has 1 aliphatic heterocycles. The van der Waals surface area contributed by atoms with Gasteiger partial charge in [0.05, 0.1) is 6.61 Å². The predicted molar refractivity (Wildman–Crippen MR) is 78.9 cm³/mol. The average molecular weight is 277 g/mol. The summed E-state index contributed by atoms with van der Waals surface area (Å²) in [7, 11) is 1.71. The Bertz CT molecular complexity index is 448. The molecule has 20 heavy (non-hydrogen) atoms. The second-order valence-corrected chi connectivity index (χ2v) is 5.15. The molecule has 110 valence electrons. The average Bonchev–Trinajstić information content (AvgIpc) is 2.48. The largest absolute Gasteiger partial charge is 0.384 e. The van der Waals surface area contributed by atoms with E-state index in [-0.39, 0.29) is 5.91 Å². The maximum atomic E-state index is 12.5. The van der Waals surface area contributed by atoms with Crippen molar-refractivity contribution in [1.29, 1.82) is 0 Å². The van der Waals surface area contributed by atoms with Crippen molar-refractivity contribution in [2.75, 3.05) is 38.7 Å². The van der Waals surface area contributed by atoms with Gasteiger partial charge in [-0.2, -0.15) is 0 Å². The number of carbonyl (C=O) groups excluding carboxylic acids is 1. The van der Waals surface area contributed by atoms with Crippen LogP contribution in [0.25, 0.3) is 0 Å². The molecule has 1 saturated heterocycles. The first-order chi connectivity index (χ1) is 9.74. The third-order valence-corrected chi connectivity index (χ3v) is 3.53. The van der Waals surface area contributed by atoms with Crippen molar-refractivity contribution in [3.05, 3.63) is 23.9 Å². The summed E-state index contributed by atoms with van der Waals surface area (Å²) in [4.78, 5) is 18.8. The minimum Gasteiger partial charge on any atom is -0.384 e. The zero-order chi connectivity index (χ0) is 14.4. The second-order valence-electron chi connectivity index (χ2n) is 5.15. The summed E-state index contributed by atoms with van der Waals surface area (Å²) >= 11 is 0. The number of carbonyl (C=O) groups is 1. The first kappa shape index (κ1) is 14.8. The molecule has 2 rings (SSSR count). The van der Waals surface area contributed by atoms with E-state index < -0.39 is 0 Å². The fourth-order valence-corrected chi connectivity index (χ4v) is 2.62. The smallest absolute Gasteiger partial charge is 0.272 e. The van der Waals surface area contributed by atoms with Gasteiger partial charge >= 0.3 is 0 Å². The number of anilines is 1. The molecule has 1 N–H and O–H groups in total. The fraction of sp³-hybridized carbons (Fsp3) is 0.600. The van der Waals surface area contributed by atoms with Crippen LogP contribution < -0.4 is 5.32 Å². The van der Waals surface area contributed by atoms with Gasteiger partial charge in [0.25, 0.3) is 5.91 Å². The van der Waals surface area contributed by atoms with Crippen molar-refractivity contribution in [2.24, 2.45) is 5.92 Å². The van der Waals surface area contributed by atoms with Crippen molar-refractivity contribution < 1.29 is 9.53 Å². The highest BCUT2D eigenvalue weighted by Gasteiger charge is 2.25. The van der Waals surface area contributed by atoms with Crippen molar-refractivity contribution in [1.82, 2.24) is 9.88 Å². The minimum absolute atomic E-state index is 0.0190. The molecule has 1 fully saturated rings. The normalized spacial score (nSPS) is 18.9. The highest BCUT2D eigenvalue weighted by molar-refractivity contribution is 5.92. The molecule has 0 aromatic carbocycles. The lowest BCUT2D eigenvalue weighted by molar-refractivity contribution is 0.0566. The fourth-order valence-electron chi connectivity index (χ4n) is 2.62. The molecule has 0 saturated carbocycles. The van der Waals surface area contributed by atoms with E-state index in [0.717, 1.165) is 38.3 Å². The number of likely N-dealkylation sites (tertiary alicyclic amines) is 1. The van der Waals surface area contributed by atoms with Crippen LogP contribution in [0.1, 0.15) is 30.3 Å². The lowest BCUT2D eigenvalue weighted by Gasteiger charge is -2.32. The van der Waals surface area contributed by atoms with Gasteiger partial charge in [0.15, 0.2) is 0 Å². The summed E-state index contributed by atoms with van der Waals surface area (Å²) in [6.45, 7) is 5.10. The van der Waals surface area contributed by atoms with E-state index in [9.17, 15) is 4.79 Å². The molecule has 1 atom stereocenters. The molecule has 0 bridgehead atoms. The molecular weight excluding hydrogens is 254 g/mol. The molecule has 1 aromatic rings. The number of methoxy groups -OCH3 is 1. The number of pyridine rings is 1. The van der Waals surface area contributed by atoms with Crippen LogP contribution in [0.15, 0.2) is 18.2 Å². The van der Waals surface area contributed by atoms with Crippen LogP contribution in [0.3, 0.4) is 0 Å². The van der Waals surface area contributed by atoms with Crippen molar-refractivity contribution >= 4 is 11.7 Å². The van der Waals surface area contributed by atoms with E-state index in [0.29, 0.717) is 18.2 Å². The molecule has 1 aliphatic rings. The van der Waals surface area contributed by atoms with Gasteiger partial charge in [-0.1, -0.05) is 6.07 Å². The summed E-state index contributed by atoms with van der Waals surface area (Å²) in [5.74, 6) is 1.21. The number of hydrogen-bond acceptors (Lipinski definition) is 4. The number of rotatable bonds is 5. The quantitative estimate of drug-likeness (QED) is 0.894. The third-order valence-electron chi connectivity index (χ3n) is 3.53. The molecule has 0 spiro atoms. The van der Waals surface area contributed by atoms with Gasteiger partial charge in [0, 0.05) is 26.7 Å². The zero-order valence-corrected chi connectivity index (χ0v) is 12.3. The SMILES string of the molecule is CCNc1cccc(C(=O)N2CCCC(COC)C2)n1. The lowest BCUT2D eigenvalue weighted by Crippen LogP contribution is -2.41. The Morgan fingerprint density at radius 3 is 3.15 bits per heavy atom. The van der Waals surface area contributed by atoms with Crippen LogP contribution in [0.4, 0.5) is 5.82 Å². The van der Waals surface area contributed by atoms with E-state index in [2.05, 4.69) is 10.3 Å². The van der Waals surface area contributed by atoms with Gasteiger partial charge in [0.1, 0.15) is 11.5 Å². The minimum atomic E-state index is 0.0190. The van der Waals surface area contributed by atoms with E-state index >= 15 is 0 Å². The third kappa shape index (κ3) is 3.70. The molecular formula is C15H23N3O2. The number of nitrogens with one attached hydrogen (secondary N) is 1. The standard InChI is InChI=1S/C15H23N3O2/c1-3-16-14-8-4-7-13(17-14)15(19)18-9-5-6-12(10-18)11-20-2/h4,7-8,12H,3,5-6,9-11H2,1-2H3,(H,16,17). The predicted octanol–water partition coefficient (Wildman–Crippen LogP) is 2.01. The second kappa shape index (κ2) is 7.24. The summed E-state index contributed by atoms with van der Waals surface area (Å²) in [6.07, 6.45) is 2.16. The van der Waals surface area contributed by atoms with Gasteiger partial charge in [-0.15, -0.1) is 0 Å². The van der Waals surface area contributed by atoms with Gasteiger partial charge < -0.3 is 15.0 Å². The van der Waals surface area contributed by atoms with Gasteiger partial charge in [-0.3, -0.25) is 4.79 Å². The highest BCUT2D eigenvalue weighted by Crippen LogP contribution is 2.18. The monoisotopic (exact) mass is 277 g/mol. The van der Waals surface area contributed by atoms with Crippen LogP contribution in [0.5, 0.6) is 0 Å². The summed E-state index contributed by atoms with van der Waals surface area (Å²) in [5, 5.41) is 3.13. The maximum Gasteiger partial charge on any atom is 0.272 e. The zero-order valence-electron chi connectivity index (χ0n) is 12.3. The number of hydrogen-bond donors (Lipinski definition) is 1. The number of aromatic nitrogens is 1. The van der Waals surface area contributed by atoms with Crippen molar-refractivity contribution in [3.63, 3.8) is 0 Å². The summed E-state index contributed by atoms with van der Waals surface area (Å²) in [6, 6.07) is 5.53. The summed E-state index contributed by atoms with van der Waals surface area (Å²) in [5.41, 5.74) is 0.515. The first-order valence-electron chi connectivity index (χ1n) is 7.23. The lowest BCUT2D eigenvalue weighted by atomic mass is 9.98. The van der Waals surface area contributed by atoms with E-state index in [1.165, 1.54) is 0 Å². The van der Waals surface area contributed by atoms with Gasteiger partial charge in [-0.25, -0.2) is 4.98 Å². The molecule has 0 aliphatic carbocycles. The Balaban J connectivity index is 2.04. The number of nitrogens with zero attached hydrogens (tertiary/aromatic N) is 2. The van der Waals surface area contributed by atoms with Gasteiger partial charge in [0.2, 0.25) is 0 Å². The molecule has 0 radical (unpaired) electrons. The molecule has 5 heteroatoms. The number of ether oxygens (including phenoxy) is 1. The van der Waals surface area contributed by atoms with Crippen LogP contribution >= 0.6 is 0 Å².